The predicted molar refractivity (Wildman–Crippen MR) is 89.1 cm³/mol. The number of piperidine rings is 1. The standard InChI is InChI=1S/C15H20Br2N2O/c1-11(19-7-3-2-4-8-19)10-18-15(20)13-6-5-12(16)9-14(13)17/h5-6,9,11H,2-4,7-8,10H2,1H3,(H,18,20). The number of nitrogens with zero attached hydrogens (tertiary/aromatic N) is 1. The van der Waals surface area contributed by atoms with Gasteiger partial charge in [-0.05, 0) is 67.0 Å². The van der Waals surface area contributed by atoms with Gasteiger partial charge in [-0.25, -0.2) is 0 Å². The number of carbonyl (C=O) groups is 1. The number of likely N-dealkylation sites (tertiary alicyclic amines) is 1. The third-order valence-corrected chi connectivity index (χ3v) is 4.90. The maximum Gasteiger partial charge on any atom is 0.252 e. The molecule has 1 N–H and O–H groups in total. The fourth-order valence-electron chi connectivity index (χ4n) is 2.50. The highest BCUT2D eigenvalue weighted by atomic mass is 79.9. The van der Waals surface area contributed by atoms with Crippen LogP contribution in [0.3, 0.4) is 0 Å². The van der Waals surface area contributed by atoms with E-state index in [1.807, 2.05) is 18.2 Å². The normalized spacial score (nSPS) is 17.8. The fraction of sp³-hybridized carbons (Fsp3) is 0.533. The van der Waals surface area contributed by atoms with E-state index in [-0.39, 0.29) is 5.91 Å². The van der Waals surface area contributed by atoms with Crippen LogP contribution in [0.5, 0.6) is 0 Å². The van der Waals surface area contributed by atoms with Gasteiger partial charge in [-0.3, -0.25) is 9.69 Å². The van der Waals surface area contributed by atoms with Crippen LogP contribution in [0.25, 0.3) is 0 Å². The Morgan fingerprint density at radius 1 is 1.30 bits per heavy atom. The molecule has 1 aliphatic heterocycles. The monoisotopic (exact) mass is 402 g/mol. The summed E-state index contributed by atoms with van der Waals surface area (Å²) in [4.78, 5) is 14.6. The van der Waals surface area contributed by atoms with Crippen LogP contribution in [0.4, 0.5) is 0 Å². The molecule has 3 nitrogen and oxygen atoms in total. The van der Waals surface area contributed by atoms with Crippen LogP contribution in [0.15, 0.2) is 27.1 Å². The number of rotatable bonds is 4. The highest BCUT2D eigenvalue weighted by Gasteiger charge is 2.18. The number of halogens is 2. The van der Waals surface area contributed by atoms with Crippen LogP contribution in [-0.4, -0.2) is 36.5 Å². The minimum absolute atomic E-state index is 0.0202. The van der Waals surface area contributed by atoms with Crippen LogP contribution in [0.2, 0.25) is 0 Å². The number of amides is 1. The molecule has 0 saturated carbocycles. The van der Waals surface area contributed by atoms with Crippen molar-refractivity contribution in [3.8, 4) is 0 Å². The van der Waals surface area contributed by atoms with Crippen LogP contribution in [0, 0.1) is 0 Å². The molecule has 1 aliphatic rings. The van der Waals surface area contributed by atoms with Gasteiger partial charge in [0.2, 0.25) is 0 Å². The lowest BCUT2D eigenvalue weighted by atomic mass is 10.1. The Balaban J connectivity index is 1.88. The first kappa shape index (κ1) is 16.0. The maximum atomic E-state index is 12.2. The molecular weight excluding hydrogens is 384 g/mol. The zero-order valence-corrected chi connectivity index (χ0v) is 14.8. The molecule has 1 aromatic rings. The topological polar surface area (TPSA) is 32.3 Å². The highest BCUT2D eigenvalue weighted by Crippen LogP contribution is 2.21. The lowest BCUT2D eigenvalue weighted by Gasteiger charge is -2.32. The summed E-state index contributed by atoms with van der Waals surface area (Å²) in [6.07, 6.45) is 3.88. The summed E-state index contributed by atoms with van der Waals surface area (Å²) in [5.74, 6) is -0.0202. The Bertz CT molecular complexity index is 473. The molecule has 20 heavy (non-hydrogen) atoms. The van der Waals surface area contributed by atoms with Gasteiger partial charge in [0.25, 0.3) is 5.91 Å². The van der Waals surface area contributed by atoms with Crippen molar-refractivity contribution in [1.29, 1.82) is 0 Å². The van der Waals surface area contributed by atoms with E-state index < -0.39 is 0 Å². The number of carbonyl (C=O) groups excluding carboxylic acids is 1. The number of hydrogen-bond donors (Lipinski definition) is 1. The summed E-state index contributed by atoms with van der Waals surface area (Å²) in [6.45, 7) is 5.18. The summed E-state index contributed by atoms with van der Waals surface area (Å²) in [5.41, 5.74) is 0.680. The Kier molecular flexibility index (Phi) is 6.05. The summed E-state index contributed by atoms with van der Waals surface area (Å²) in [5, 5.41) is 3.03. The van der Waals surface area contributed by atoms with Crippen LogP contribution in [0.1, 0.15) is 36.5 Å². The minimum Gasteiger partial charge on any atom is -0.350 e. The fourth-order valence-corrected chi connectivity index (χ4v) is 3.72. The van der Waals surface area contributed by atoms with E-state index in [0.29, 0.717) is 18.2 Å². The van der Waals surface area contributed by atoms with Gasteiger partial charge < -0.3 is 5.32 Å². The van der Waals surface area contributed by atoms with Crippen molar-refractivity contribution in [1.82, 2.24) is 10.2 Å². The molecule has 1 unspecified atom stereocenters. The molecule has 0 aromatic heterocycles. The van der Waals surface area contributed by atoms with Crippen LogP contribution in [-0.2, 0) is 0 Å². The van der Waals surface area contributed by atoms with Crippen molar-refractivity contribution < 1.29 is 4.79 Å². The average Bonchev–Trinajstić information content (AvgIpc) is 2.45. The van der Waals surface area contributed by atoms with Crippen LogP contribution < -0.4 is 5.32 Å². The maximum absolute atomic E-state index is 12.2. The van der Waals surface area contributed by atoms with E-state index in [1.54, 1.807) is 0 Å². The molecule has 0 aliphatic carbocycles. The van der Waals surface area contributed by atoms with Crippen molar-refractivity contribution in [2.45, 2.75) is 32.2 Å². The minimum atomic E-state index is -0.0202. The lowest BCUT2D eigenvalue weighted by molar-refractivity contribution is 0.0929. The van der Waals surface area contributed by atoms with Gasteiger partial charge >= 0.3 is 0 Å². The van der Waals surface area contributed by atoms with Crippen molar-refractivity contribution in [2.24, 2.45) is 0 Å². The second kappa shape index (κ2) is 7.57. The van der Waals surface area contributed by atoms with Gasteiger partial charge in [-0.15, -0.1) is 0 Å². The van der Waals surface area contributed by atoms with E-state index in [2.05, 4.69) is 49.0 Å². The van der Waals surface area contributed by atoms with Gasteiger partial charge in [0, 0.05) is 21.5 Å². The molecule has 5 heteroatoms. The second-order valence-electron chi connectivity index (χ2n) is 5.28. The predicted octanol–water partition coefficient (Wildman–Crippen LogP) is 3.82. The van der Waals surface area contributed by atoms with E-state index in [4.69, 9.17) is 0 Å². The summed E-state index contributed by atoms with van der Waals surface area (Å²) < 4.78 is 1.78. The summed E-state index contributed by atoms with van der Waals surface area (Å²) >= 11 is 6.82. The molecule has 1 amide bonds. The number of benzene rings is 1. The highest BCUT2D eigenvalue weighted by molar-refractivity contribution is 9.11. The van der Waals surface area contributed by atoms with Gasteiger partial charge in [-0.1, -0.05) is 22.4 Å². The van der Waals surface area contributed by atoms with Gasteiger partial charge in [0.05, 0.1) is 5.56 Å². The van der Waals surface area contributed by atoms with Crippen molar-refractivity contribution in [3.05, 3.63) is 32.7 Å². The Morgan fingerprint density at radius 2 is 2.00 bits per heavy atom. The van der Waals surface area contributed by atoms with E-state index >= 15 is 0 Å². The van der Waals surface area contributed by atoms with E-state index in [0.717, 1.165) is 22.0 Å². The molecule has 1 heterocycles. The first-order chi connectivity index (χ1) is 9.58. The molecule has 0 spiro atoms. The van der Waals surface area contributed by atoms with Crippen molar-refractivity contribution >= 4 is 37.8 Å². The zero-order chi connectivity index (χ0) is 14.5. The molecule has 1 aromatic carbocycles. The van der Waals surface area contributed by atoms with Gasteiger partial charge in [-0.2, -0.15) is 0 Å². The molecule has 110 valence electrons. The third-order valence-electron chi connectivity index (χ3n) is 3.75. The molecule has 0 radical (unpaired) electrons. The van der Waals surface area contributed by atoms with Gasteiger partial charge in [0.1, 0.15) is 0 Å². The summed E-state index contributed by atoms with van der Waals surface area (Å²) in [7, 11) is 0. The van der Waals surface area contributed by atoms with Crippen molar-refractivity contribution in [3.63, 3.8) is 0 Å². The Hall–Kier alpha value is -0.390. The molecule has 2 rings (SSSR count). The first-order valence-electron chi connectivity index (χ1n) is 7.05. The van der Waals surface area contributed by atoms with E-state index in [1.165, 1.54) is 19.3 Å². The van der Waals surface area contributed by atoms with Gasteiger partial charge in [0.15, 0.2) is 0 Å². The SMILES string of the molecule is CC(CNC(=O)c1ccc(Br)cc1Br)N1CCCCC1. The smallest absolute Gasteiger partial charge is 0.252 e. The molecule has 1 saturated heterocycles. The largest absolute Gasteiger partial charge is 0.350 e. The zero-order valence-electron chi connectivity index (χ0n) is 11.7. The Labute approximate surface area is 137 Å². The third kappa shape index (κ3) is 4.30. The molecular formula is C15H20Br2N2O. The van der Waals surface area contributed by atoms with E-state index in [9.17, 15) is 4.79 Å². The second-order valence-corrected chi connectivity index (χ2v) is 7.05. The average molecular weight is 404 g/mol. The Morgan fingerprint density at radius 3 is 2.65 bits per heavy atom. The number of nitrogens with one attached hydrogen (secondary N) is 1. The lowest BCUT2D eigenvalue weighted by Crippen LogP contribution is -2.44. The quantitative estimate of drug-likeness (QED) is 0.828. The number of hydrogen-bond acceptors (Lipinski definition) is 2. The first-order valence-corrected chi connectivity index (χ1v) is 8.64. The molecule has 1 fully saturated rings. The van der Waals surface area contributed by atoms with Crippen LogP contribution >= 0.6 is 31.9 Å². The summed E-state index contributed by atoms with van der Waals surface area (Å²) in [6, 6.07) is 6.00. The molecule has 0 bridgehead atoms. The van der Waals surface area contributed by atoms with Crippen molar-refractivity contribution in [2.75, 3.05) is 19.6 Å². The molecule has 1 atom stereocenters.